The molecule has 1 atom stereocenters. The molecule has 4 fully saturated rings. The molecule has 0 N–H and O–H groups in total. The Morgan fingerprint density at radius 1 is 0.347 bits per heavy atom. The van der Waals surface area contributed by atoms with E-state index >= 15 is 0 Å². The summed E-state index contributed by atoms with van der Waals surface area (Å²) in [7, 11) is 13.9. The highest BCUT2D eigenvalue weighted by Gasteiger charge is 2.86. The van der Waals surface area contributed by atoms with Crippen molar-refractivity contribution in [3.8, 4) is 202 Å². The quantitative estimate of drug-likeness (QED) is 0.191. The minimum absolute atomic E-state index is 0.375. The van der Waals surface area contributed by atoms with Crippen LogP contribution in [0.25, 0.3) is 0 Å². The second-order valence-corrected chi connectivity index (χ2v) is 26.1. The van der Waals surface area contributed by atoms with Crippen molar-refractivity contribution in [2.24, 2.45) is 28.6 Å². The Morgan fingerprint density at radius 2 is 0.547 bits per heavy atom. The first-order chi connectivity index (χ1) is 34.2. The molecule has 2 bridgehead atoms. The molecule has 4 heterocycles. The minimum atomic E-state index is 0.375. The number of quaternary nitrogens is 3. The van der Waals surface area contributed by atoms with Gasteiger partial charge in [-0.15, -0.1) is 12.8 Å². The lowest BCUT2D eigenvalue weighted by Gasteiger charge is -2.71. The molecule has 384 valence electrons. The third-order valence-electron chi connectivity index (χ3n) is 16.5. The molecule has 3 heteroatoms. The van der Waals surface area contributed by atoms with E-state index < -0.39 is 0 Å². The molecule has 0 aromatic heterocycles. The van der Waals surface area contributed by atoms with Gasteiger partial charge in [0, 0.05) is 101 Å². The Bertz CT molecular complexity index is 3030. The van der Waals surface area contributed by atoms with Gasteiger partial charge in [-0.3, -0.25) is 0 Å². The summed E-state index contributed by atoms with van der Waals surface area (Å²) in [4.78, 5) is 0. The Kier molecular flexibility index (Phi) is 24.8. The molecule has 0 amide bonds. The summed E-state index contributed by atoms with van der Waals surface area (Å²) in [5.41, 5.74) is 3.34. The molecule has 0 aliphatic carbocycles. The maximum absolute atomic E-state index is 4.92. The van der Waals surface area contributed by atoms with Crippen molar-refractivity contribution in [3.05, 3.63) is 0 Å². The van der Waals surface area contributed by atoms with Crippen LogP contribution in [0, 0.1) is 231 Å². The molecular weight excluding hydrogens is 907 g/mol. The number of fused-ring (bicyclic) bond motifs is 1. The standard InChI is InChI=1S/C34H2.C17H34N.C14H30N.C7H18N/c1-3-5-7-9-11-13-15-17-19-21-23-25-27-29-31-33-34-32-30-28-26-24-22-20-18-16-14-12-10-8-6-4-2;1-14(2,3)11-12-13-16(6,7)18(10,15(12,4)5)17(13,8)9;1-12(2,3)10-11-13(4,5)15(8,9)14(11,6)7;1-7(2,3)8(4,5)6/h1-2H;12-13H,11H2,1-10H3;11H,10H2,1-9H3;1-6H3/q;3*+1. The summed E-state index contributed by atoms with van der Waals surface area (Å²) in [6, 6.07) is 0. The van der Waals surface area contributed by atoms with Crippen LogP contribution in [0.4, 0.5) is 0 Å². The van der Waals surface area contributed by atoms with Crippen molar-refractivity contribution >= 4 is 0 Å². The highest BCUT2D eigenvalue weighted by atomic mass is 15.6. The highest BCUT2D eigenvalue weighted by molar-refractivity contribution is 5.49. The Hall–Kier alpha value is -7.60. The number of hydrogen-bond donors (Lipinski definition) is 0. The first-order valence-electron chi connectivity index (χ1n) is 25.2. The van der Waals surface area contributed by atoms with Gasteiger partial charge in [-0.05, 0) is 208 Å². The fourth-order valence-corrected chi connectivity index (χ4v) is 10.7. The normalized spacial score (nSPS) is 19.5. The molecule has 4 saturated heterocycles. The van der Waals surface area contributed by atoms with E-state index in [2.05, 4.69) is 363 Å². The molecule has 0 aromatic carbocycles. The maximum Gasteiger partial charge on any atom is 0.104 e. The van der Waals surface area contributed by atoms with Crippen LogP contribution in [0.1, 0.15) is 144 Å². The van der Waals surface area contributed by atoms with Gasteiger partial charge in [0.25, 0.3) is 0 Å². The molecule has 0 spiro atoms. The summed E-state index contributed by atoms with van der Waals surface area (Å²) in [5.74, 6) is 80.7. The van der Waals surface area contributed by atoms with Gasteiger partial charge in [-0.1, -0.05) is 41.5 Å². The summed E-state index contributed by atoms with van der Waals surface area (Å²) in [6.07, 6.45) is 12.5. The average Bonchev–Trinajstić information content (AvgIpc) is 3.48. The highest BCUT2D eigenvalue weighted by Crippen LogP contribution is 2.73. The Morgan fingerprint density at radius 3 is 0.693 bits per heavy atom. The van der Waals surface area contributed by atoms with Crippen molar-refractivity contribution in [3.63, 3.8) is 0 Å². The van der Waals surface area contributed by atoms with E-state index in [1.54, 1.807) is 0 Å². The maximum atomic E-state index is 4.92. The number of likely N-dealkylation sites (tertiary alicyclic amines) is 1. The van der Waals surface area contributed by atoms with E-state index in [-0.39, 0.29) is 0 Å². The van der Waals surface area contributed by atoms with Crippen molar-refractivity contribution in [1.82, 2.24) is 0 Å². The van der Waals surface area contributed by atoms with Gasteiger partial charge in [-0.2, -0.15) is 0 Å². The predicted octanol–water partition coefficient (Wildman–Crippen LogP) is 9.95. The van der Waals surface area contributed by atoms with E-state index in [9.17, 15) is 0 Å². The first kappa shape index (κ1) is 67.4. The van der Waals surface area contributed by atoms with E-state index in [0.29, 0.717) is 44.1 Å². The number of hydrogen-bond acceptors (Lipinski definition) is 0. The van der Waals surface area contributed by atoms with E-state index in [0.717, 1.165) is 26.7 Å². The molecule has 75 heavy (non-hydrogen) atoms. The fraction of sp³-hybridized carbons (Fsp3) is 0.528. The second kappa shape index (κ2) is 27.6. The number of nitrogens with zero attached hydrogens (tertiary/aromatic N) is 3. The second-order valence-electron chi connectivity index (χ2n) is 26.1. The summed E-state index contributed by atoms with van der Waals surface area (Å²) >= 11 is 0. The summed E-state index contributed by atoms with van der Waals surface area (Å²) in [6.45, 7) is 45.7. The van der Waals surface area contributed by atoms with Gasteiger partial charge in [-0.25, -0.2) is 0 Å². The lowest BCUT2D eigenvalue weighted by Crippen LogP contribution is -2.84. The lowest BCUT2D eigenvalue weighted by atomic mass is 9.56. The summed E-state index contributed by atoms with van der Waals surface area (Å²) in [5, 5.41) is 0. The minimum Gasteiger partial charge on any atom is -0.327 e. The van der Waals surface area contributed by atoms with Gasteiger partial charge < -0.3 is 13.4 Å². The largest absolute Gasteiger partial charge is 0.327 e. The van der Waals surface area contributed by atoms with Crippen LogP contribution in [0.5, 0.6) is 0 Å². The van der Waals surface area contributed by atoms with Gasteiger partial charge in [0.15, 0.2) is 0 Å². The number of terminal acetylenes is 2. The predicted molar refractivity (Wildman–Crippen MR) is 319 cm³/mol. The van der Waals surface area contributed by atoms with Crippen molar-refractivity contribution in [2.45, 2.75) is 178 Å². The van der Waals surface area contributed by atoms with E-state index in [1.807, 2.05) is 0 Å². The Labute approximate surface area is 462 Å². The topological polar surface area (TPSA) is 0 Å². The van der Waals surface area contributed by atoms with Crippen LogP contribution < -0.4 is 0 Å². The molecule has 0 saturated carbocycles. The number of rotatable bonds is 2. The zero-order valence-corrected chi connectivity index (χ0v) is 50.6. The van der Waals surface area contributed by atoms with Crippen LogP contribution in [0.2, 0.25) is 0 Å². The van der Waals surface area contributed by atoms with Gasteiger partial charge >= 0.3 is 0 Å². The molecule has 0 aromatic rings. The van der Waals surface area contributed by atoms with Crippen LogP contribution in [0.3, 0.4) is 0 Å². The van der Waals surface area contributed by atoms with Crippen LogP contribution >= 0.6 is 0 Å². The molecule has 4 aliphatic rings. The van der Waals surface area contributed by atoms with Gasteiger partial charge in [0.1, 0.15) is 22.2 Å². The molecule has 4 aliphatic heterocycles. The van der Waals surface area contributed by atoms with Crippen molar-refractivity contribution < 1.29 is 13.4 Å². The zero-order valence-electron chi connectivity index (χ0n) is 50.6. The molecule has 0 radical (unpaired) electrons. The average molecular weight is 991 g/mol. The SMILES string of the molecule is C#CC#CC#CC#CC#CC#CC#CC#CC#CC#CC#CC#CC#CC#CC#CC#CC#C.CC(C)(C)CC1C(C)(C)[N+](C)(C)C1(C)C.CC(C)(C)CC1C2C(C)(C)[N+](C)(C1(C)C)C2(C)C.CC(C)(C)[N+](C)(C)C. The third-order valence-corrected chi connectivity index (χ3v) is 16.5. The van der Waals surface area contributed by atoms with Crippen LogP contribution in [-0.4, -0.2) is 89.0 Å². The van der Waals surface area contributed by atoms with Crippen molar-refractivity contribution in [1.29, 1.82) is 0 Å². The third kappa shape index (κ3) is 18.7. The Balaban J connectivity index is 0.00000110. The van der Waals surface area contributed by atoms with E-state index in [1.165, 1.54) is 17.3 Å². The lowest BCUT2D eigenvalue weighted by molar-refractivity contribution is -1.06. The fourth-order valence-electron chi connectivity index (χ4n) is 10.7. The van der Waals surface area contributed by atoms with Crippen LogP contribution in [-0.2, 0) is 0 Å². The molecule has 4 rings (SSSR count). The zero-order chi connectivity index (χ0) is 58.3. The van der Waals surface area contributed by atoms with E-state index in [4.69, 9.17) is 12.8 Å². The molecular formula is C72H84N3+3. The molecule has 3 nitrogen and oxygen atoms in total. The summed E-state index contributed by atoms with van der Waals surface area (Å²) < 4.78 is 3.40. The van der Waals surface area contributed by atoms with Gasteiger partial charge in [0.05, 0.1) is 65.2 Å². The smallest absolute Gasteiger partial charge is 0.104 e. The van der Waals surface area contributed by atoms with Gasteiger partial charge in [0.2, 0.25) is 0 Å². The molecule has 1 unspecified atom stereocenters. The first-order valence-corrected chi connectivity index (χ1v) is 25.2. The monoisotopic (exact) mass is 991 g/mol. The van der Waals surface area contributed by atoms with Crippen molar-refractivity contribution in [2.75, 3.05) is 42.3 Å². The van der Waals surface area contributed by atoms with Crippen LogP contribution in [0.15, 0.2) is 0 Å².